The fourth-order valence-electron chi connectivity index (χ4n) is 4.55. The molecule has 0 fully saturated rings. The molecule has 6 nitrogen and oxygen atoms in total. The van der Waals surface area contributed by atoms with Crippen LogP contribution in [0.4, 0.5) is 0 Å². The third-order valence-corrected chi connectivity index (χ3v) is 6.97. The van der Waals surface area contributed by atoms with Crippen molar-refractivity contribution >= 4 is 44.4 Å². The van der Waals surface area contributed by atoms with Crippen LogP contribution in [-0.4, -0.2) is 24.0 Å². The van der Waals surface area contributed by atoms with E-state index in [2.05, 4.69) is 15.9 Å². The van der Waals surface area contributed by atoms with Gasteiger partial charge in [-0.25, -0.2) is 0 Å². The van der Waals surface area contributed by atoms with Crippen LogP contribution in [0, 0.1) is 0 Å². The lowest BCUT2D eigenvalue weighted by molar-refractivity contribution is 0.0714. The molecule has 1 unspecified atom stereocenters. The molecule has 1 aromatic heterocycles. The smallest absolute Gasteiger partial charge is 0.291 e. The van der Waals surface area contributed by atoms with Crippen molar-refractivity contribution in [2.24, 2.45) is 0 Å². The van der Waals surface area contributed by atoms with Gasteiger partial charge in [0.2, 0.25) is 5.76 Å². The summed E-state index contributed by atoms with van der Waals surface area (Å²) in [5.74, 6) is 0.811. The zero-order chi connectivity index (χ0) is 25.4. The first-order valence-corrected chi connectivity index (χ1v) is 12.8. The molecule has 0 N–H and O–H groups in total. The first-order valence-electron chi connectivity index (χ1n) is 11.6. The van der Waals surface area contributed by atoms with Crippen molar-refractivity contribution in [2.75, 3.05) is 13.2 Å². The Kier molecular flexibility index (Phi) is 6.77. The number of carbonyl (C=O) groups is 1. The molecule has 1 aliphatic heterocycles. The number of ether oxygens (including phenoxy) is 2. The molecule has 5 rings (SSSR count). The summed E-state index contributed by atoms with van der Waals surface area (Å²) in [5, 5.41) is 0.937. The van der Waals surface area contributed by atoms with E-state index >= 15 is 0 Å². The minimum absolute atomic E-state index is 0.0405. The summed E-state index contributed by atoms with van der Waals surface area (Å²) in [6.45, 7) is 4.90. The van der Waals surface area contributed by atoms with Crippen molar-refractivity contribution in [3.8, 4) is 11.5 Å². The molecule has 1 aliphatic rings. The van der Waals surface area contributed by atoms with Gasteiger partial charge in [-0.2, -0.15) is 0 Å². The molecule has 0 bridgehead atoms. The molecule has 0 radical (unpaired) electrons. The Morgan fingerprint density at radius 2 is 1.72 bits per heavy atom. The van der Waals surface area contributed by atoms with Crippen LogP contribution in [0.25, 0.3) is 11.0 Å². The summed E-state index contributed by atoms with van der Waals surface area (Å²) in [4.78, 5) is 29.2. The predicted octanol–water partition coefficient (Wildman–Crippen LogP) is 6.75. The van der Waals surface area contributed by atoms with E-state index in [4.69, 9.17) is 25.5 Å². The quantitative estimate of drug-likeness (QED) is 0.247. The van der Waals surface area contributed by atoms with E-state index in [-0.39, 0.29) is 23.6 Å². The van der Waals surface area contributed by atoms with Crippen LogP contribution in [0.1, 0.15) is 47.1 Å². The fraction of sp³-hybridized carbons (Fsp3) is 0.214. The summed E-state index contributed by atoms with van der Waals surface area (Å²) in [5.41, 5.74) is 1.88. The van der Waals surface area contributed by atoms with Crippen LogP contribution >= 0.6 is 27.5 Å². The highest BCUT2D eigenvalue weighted by atomic mass is 79.9. The normalized spacial score (nSPS) is 14.8. The molecule has 36 heavy (non-hydrogen) atoms. The van der Waals surface area contributed by atoms with E-state index in [1.165, 1.54) is 0 Å². The largest absolute Gasteiger partial charge is 0.490 e. The molecule has 8 heteroatoms. The van der Waals surface area contributed by atoms with Gasteiger partial charge in [0, 0.05) is 16.0 Å². The average molecular weight is 569 g/mol. The zero-order valence-electron chi connectivity index (χ0n) is 19.7. The van der Waals surface area contributed by atoms with E-state index in [0.717, 1.165) is 10.0 Å². The molecule has 0 spiro atoms. The first kappa shape index (κ1) is 24.4. The Bertz CT molecular complexity index is 1530. The van der Waals surface area contributed by atoms with Gasteiger partial charge in [-0.1, -0.05) is 51.8 Å². The lowest BCUT2D eigenvalue weighted by atomic mass is 9.97. The van der Waals surface area contributed by atoms with E-state index in [1.807, 2.05) is 44.2 Å². The summed E-state index contributed by atoms with van der Waals surface area (Å²) >= 11 is 9.88. The number of halogens is 2. The van der Waals surface area contributed by atoms with Gasteiger partial charge in [0.25, 0.3) is 5.91 Å². The minimum atomic E-state index is -0.696. The van der Waals surface area contributed by atoms with Gasteiger partial charge in [0.1, 0.15) is 5.58 Å². The highest BCUT2D eigenvalue weighted by Gasteiger charge is 2.43. The predicted molar refractivity (Wildman–Crippen MR) is 142 cm³/mol. The fourth-order valence-corrected chi connectivity index (χ4v) is 5.11. The lowest BCUT2D eigenvalue weighted by Crippen LogP contribution is -2.29. The lowest BCUT2D eigenvalue weighted by Gasteiger charge is -2.26. The molecular weight excluding hydrogens is 546 g/mol. The van der Waals surface area contributed by atoms with Crippen molar-refractivity contribution in [2.45, 2.75) is 26.4 Å². The van der Waals surface area contributed by atoms with Crippen molar-refractivity contribution < 1.29 is 18.7 Å². The first-order chi connectivity index (χ1) is 17.4. The maximum atomic E-state index is 13.8. The highest BCUT2D eigenvalue weighted by molar-refractivity contribution is 9.10. The number of amides is 1. The zero-order valence-corrected chi connectivity index (χ0v) is 22.1. The second-order valence-electron chi connectivity index (χ2n) is 8.31. The summed E-state index contributed by atoms with van der Waals surface area (Å²) in [7, 11) is 0. The maximum Gasteiger partial charge on any atom is 0.291 e. The van der Waals surface area contributed by atoms with Gasteiger partial charge in [-0.3, -0.25) is 9.59 Å². The molecular formula is C28H23BrClNO5. The number of rotatable bonds is 7. The monoisotopic (exact) mass is 567 g/mol. The second kappa shape index (κ2) is 9.99. The molecule has 2 heterocycles. The molecule has 184 valence electrons. The maximum absolute atomic E-state index is 13.8. The van der Waals surface area contributed by atoms with Crippen LogP contribution in [0.15, 0.2) is 74.3 Å². The van der Waals surface area contributed by atoms with Crippen LogP contribution < -0.4 is 14.9 Å². The summed E-state index contributed by atoms with van der Waals surface area (Å²) in [6.07, 6.45) is 0. The number of fused-ring (bicyclic) bond motifs is 2. The number of nitrogens with zero attached hydrogens (tertiary/aromatic N) is 1. The molecule has 1 atom stereocenters. The van der Waals surface area contributed by atoms with Crippen molar-refractivity contribution in [3.05, 3.63) is 103 Å². The topological polar surface area (TPSA) is 69.0 Å². The number of benzene rings is 3. The molecule has 0 saturated heterocycles. The van der Waals surface area contributed by atoms with Gasteiger partial charge in [-0.05, 0) is 61.4 Å². The van der Waals surface area contributed by atoms with Gasteiger partial charge in [-0.15, -0.1) is 0 Å². The van der Waals surface area contributed by atoms with Crippen molar-refractivity contribution in [3.63, 3.8) is 0 Å². The minimum Gasteiger partial charge on any atom is -0.490 e. The Morgan fingerprint density at radius 3 is 2.47 bits per heavy atom. The highest BCUT2D eigenvalue weighted by Crippen LogP contribution is 2.42. The van der Waals surface area contributed by atoms with Crippen LogP contribution in [0.5, 0.6) is 11.5 Å². The van der Waals surface area contributed by atoms with Gasteiger partial charge in [0.05, 0.1) is 30.2 Å². The molecule has 1 amide bonds. The van der Waals surface area contributed by atoms with Crippen LogP contribution in [0.3, 0.4) is 0 Å². The van der Waals surface area contributed by atoms with E-state index in [9.17, 15) is 9.59 Å². The Hall–Kier alpha value is -3.29. The van der Waals surface area contributed by atoms with Crippen LogP contribution in [0.2, 0.25) is 5.02 Å². The second-order valence-corrected chi connectivity index (χ2v) is 9.64. The molecule has 0 aliphatic carbocycles. The number of hydrogen-bond donors (Lipinski definition) is 0. The summed E-state index contributed by atoms with van der Waals surface area (Å²) in [6, 6.07) is 17.3. The molecule has 4 aromatic rings. The third-order valence-electron chi connectivity index (χ3n) is 6.11. The Balaban J connectivity index is 1.73. The average Bonchev–Trinajstić information content (AvgIpc) is 3.14. The van der Waals surface area contributed by atoms with Gasteiger partial charge >= 0.3 is 0 Å². The molecule has 3 aromatic carbocycles. The van der Waals surface area contributed by atoms with Gasteiger partial charge < -0.3 is 18.8 Å². The Labute approximate surface area is 221 Å². The van der Waals surface area contributed by atoms with Crippen molar-refractivity contribution in [1.29, 1.82) is 0 Å². The van der Waals surface area contributed by atoms with Gasteiger partial charge in [0.15, 0.2) is 16.9 Å². The third kappa shape index (κ3) is 4.27. The van der Waals surface area contributed by atoms with E-state index in [1.54, 1.807) is 35.2 Å². The number of hydrogen-bond acceptors (Lipinski definition) is 5. The number of carbonyl (C=O) groups excluding carboxylic acids is 1. The Morgan fingerprint density at radius 1 is 0.972 bits per heavy atom. The van der Waals surface area contributed by atoms with E-state index < -0.39 is 6.04 Å². The van der Waals surface area contributed by atoms with Crippen molar-refractivity contribution in [1.82, 2.24) is 4.90 Å². The van der Waals surface area contributed by atoms with E-state index in [0.29, 0.717) is 51.8 Å². The summed E-state index contributed by atoms with van der Waals surface area (Å²) < 4.78 is 18.3. The van der Waals surface area contributed by atoms with Crippen LogP contribution in [-0.2, 0) is 6.54 Å². The standard InChI is InChI=1S/C28H23BrClNO5/c1-3-34-22-11-9-16(13-23(22)35-4-2)25-24-26(32)19-14-18(29)10-12-21(19)36-27(24)28(33)31(25)15-17-7-5-6-8-20(17)30/h5-14,25H,3-4,15H2,1-2H3. The molecule has 0 saturated carbocycles. The SMILES string of the molecule is CCOc1ccc(C2c3c(oc4ccc(Br)cc4c3=O)C(=O)N2Cc2ccccc2Cl)cc1OCC.